The molecule has 1 aromatic carbocycles. The Morgan fingerprint density at radius 2 is 2.10 bits per heavy atom. The van der Waals surface area contributed by atoms with Crippen molar-refractivity contribution in [2.24, 2.45) is 0 Å². The van der Waals surface area contributed by atoms with Crippen molar-refractivity contribution < 1.29 is 13.2 Å². The average molecular weight is 431 g/mol. The van der Waals surface area contributed by atoms with Crippen LogP contribution in [0.1, 0.15) is 33.6 Å². The van der Waals surface area contributed by atoms with Crippen LogP contribution in [0.2, 0.25) is 0 Å². The summed E-state index contributed by atoms with van der Waals surface area (Å²) in [6.07, 6.45) is 4.77. The summed E-state index contributed by atoms with van der Waals surface area (Å²) in [5.74, 6) is -0.132. The van der Waals surface area contributed by atoms with E-state index in [1.807, 2.05) is 36.7 Å². The molecule has 0 unspecified atom stereocenters. The second-order valence-electron chi connectivity index (χ2n) is 7.37. The third kappa shape index (κ3) is 4.40. The summed E-state index contributed by atoms with van der Waals surface area (Å²) in [6.45, 7) is 3.40. The molecule has 4 rings (SSSR count). The normalized spacial score (nSPS) is 16.6. The number of nitrogens with zero attached hydrogens (tertiary/aromatic N) is 4. The number of thiazole rings is 1. The van der Waals surface area contributed by atoms with Gasteiger partial charge < -0.3 is 9.47 Å². The maximum Gasteiger partial charge on any atom is 0.238 e. The molecule has 0 aliphatic carbocycles. The van der Waals surface area contributed by atoms with Gasteiger partial charge in [0.2, 0.25) is 5.91 Å². The second-order valence-corrected chi connectivity index (χ2v) is 10.6. The molecular formula is C20H22N4O3S2. The number of carbonyl (C=O) groups is 1. The molecular weight excluding hydrogens is 408 g/mol. The van der Waals surface area contributed by atoms with E-state index in [9.17, 15) is 13.2 Å². The zero-order chi connectivity index (χ0) is 20.6. The van der Waals surface area contributed by atoms with Gasteiger partial charge in [-0.1, -0.05) is 24.3 Å². The van der Waals surface area contributed by atoms with E-state index < -0.39 is 15.6 Å². The van der Waals surface area contributed by atoms with E-state index in [0.29, 0.717) is 19.6 Å². The van der Waals surface area contributed by atoms with Gasteiger partial charge in [0.25, 0.3) is 0 Å². The van der Waals surface area contributed by atoms with Crippen LogP contribution in [-0.4, -0.2) is 52.3 Å². The van der Waals surface area contributed by atoms with E-state index in [4.69, 9.17) is 0 Å². The van der Waals surface area contributed by atoms with Crippen molar-refractivity contribution in [3.63, 3.8) is 0 Å². The minimum Gasteiger partial charge on any atom is -0.336 e. The molecule has 0 N–H and O–H groups in total. The Balaban J connectivity index is 1.67. The van der Waals surface area contributed by atoms with Gasteiger partial charge in [0.1, 0.15) is 11.6 Å². The Morgan fingerprint density at radius 3 is 2.83 bits per heavy atom. The molecule has 7 nitrogen and oxygen atoms in total. The number of aryl methyl sites for hydroxylation is 1. The fourth-order valence-corrected chi connectivity index (χ4v) is 4.99. The first-order chi connectivity index (χ1) is 13.8. The van der Waals surface area contributed by atoms with Gasteiger partial charge >= 0.3 is 0 Å². The standard InChI is InChI=1S/C20H22N4O3S2/c1-14-22-16(12-28-14)10-23-8-7-21-20(23)18-11-24(19(25)13-29(2,26)27)9-15-5-3-4-6-17(15)18/h3-8,12,18H,9-11,13H2,1-2H3/t18-/m1/s1. The highest BCUT2D eigenvalue weighted by molar-refractivity contribution is 7.91. The smallest absolute Gasteiger partial charge is 0.238 e. The van der Waals surface area contributed by atoms with Crippen molar-refractivity contribution in [3.05, 3.63) is 69.7 Å². The van der Waals surface area contributed by atoms with Crippen LogP contribution in [0.5, 0.6) is 0 Å². The molecule has 0 spiro atoms. The summed E-state index contributed by atoms with van der Waals surface area (Å²) < 4.78 is 25.3. The molecule has 0 saturated heterocycles. The molecule has 0 bridgehead atoms. The van der Waals surface area contributed by atoms with Crippen LogP contribution in [0.25, 0.3) is 0 Å². The topological polar surface area (TPSA) is 85.2 Å². The molecule has 0 fully saturated rings. The van der Waals surface area contributed by atoms with E-state index in [1.165, 1.54) is 0 Å². The number of benzene rings is 1. The Bertz CT molecular complexity index is 1150. The van der Waals surface area contributed by atoms with Crippen molar-refractivity contribution >= 4 is 27.1 Å². The number of imidazole rings is 1. The van der Waals surface area contributed by atoms with Crippen LogP contribution in [0, 0.1) is 6.92 Å². The number of carbonyl (C=O) groups excluding carboxylic acids is 1. The zero-order valence-electron chi connectivity index (χ0n) is 16.3. The monoisotopic (exact) mass is 430 g/mol. The van der Waals surface area contributed by atoms with E-state index in [1.54, 1.807) is 22.4 Å². The average Bonchev–Trinajstić information content (AvgIpc) is 3.28. The molecule has 3 heterocycles. The first kappa shape index (κ1) is 19.8. The van der Waals surface area contributed by atoms with Crippen LogP contribution >= 0.6 is 11.3 Å². The Hall–Kier alpha value is -2.52. The maximum atomic E-state index is 12.6. The number of hydrogen-bond acceptors (Lipinski definition) is 6. The first-order valence-corrected chi connectivity index (χ1v) is 12.2. The van der Waals surface area contributed by atoms with Crippen molar-refractivity contribution in [1.82, 2.24) is 19.4 Å². The highest BCUT2D eigenvalue weighted by atomic mass is 32.2. The Kier molecular flexibility index (Phi) is 5.26. The number of aromatic nitrogens is 3. The van der Waals surface area contributed by atoms with Crippen molar-refractivity contribution in [3.8, 4) is 0 Å². The SMILES string of the molecule is Cc1nc(Cn2ccnc2[C@@H]2CN(C(=O)CS(C)(=O)=O)Cc3ccccc32)cs1. The molecule has 9 heteroatoms. The fourth-order valence-electron chi connectivity index (χ4n) is 3.75. The Morgan fingerprint density at radius 1 is 1.31 bits per heavy atom. The van der Waals surface area contributed by atoms with E-state index in [-0.39, 0.29) is 11.8 Å². The number of hydrogen-bond donors (Lipinski definition) is 0. The zero-order valence-corrected chi connectivity index (χ0v) is 17.9. The lowest BCUT2D eigenvalue weighted by Crippen LogP contribution is -2.41. The lowest BCUT2D eigenvalue weighted by atomic mass is 9.89. The summed E-state index contributed by atoms with van der Waals surface area (Å²) in [4.78, 5) is 23.4. The Labute approximate surface area is 174 Å². The lowest BCUT2D eigenvalue weighted by molar-refractivity contribution is -0.129. The van der Waals surface area contributed by atoms with Gasteiger partial charge in [0.15, 0.2) is 9.84 Å². The molecule has 2 aromatic heterocycles. The van der Waals surface area contributed by atoms with Crippen LogP contribution in [0.3, 0.4) is 0 Å². The van der Waals surface area contributed by atoms with Crippen LogP contribution in [0.15, 0.2) is 42.0 Å². The van der Waals surface area contributed by atoms with E-state index in [0.717, 1.165) is 33.9 Å². The fraction of sp³-hybridized carbons (Fsp3) is 0.350. The predicted octanol–water partition coefficient (Wildman–Crippen LogP) is 2.22. The molecule has 29 heavy (non-hydrogen) atoms. The third-order valence-electron chi connectivity index (χ3n) is 4.99. The predicted molar refractivity (Wildman–Crippen MR) is 112 cm³/mol. The molecule has 1 aliphatic heterocycles. The number of rotatable bonds is 5. The van der Waals surface area contributed by atoms with Crippen molar-refractivity contribution in [2.75, 3.05) is 18.6 Å². The van der Waals surface area contributed by atoms with Gasteiger partial charge in [-0.05, 0) is 18.1 Å². The van der Waals surface area contributed by atoms with Gasteiger partial charge in [0.05, 0.1) is 23.2 Å². The molecule has 1 aliphatic rings. The number of amides is 1. The quantitative estimate of drug-likeness (QED) is 0.620. The molecule has 1 atom stereocenters. The van der Waals surface area contributed by atoms with Crippen LogP contribution < -0.4 is 0 Å². The number of fused-ring (bicyclic) bond motifs is 1. The molecule has 3 aromatic rings. The highest BCUT2D eigenvalue weighted by Crippen LogP contribution is 2.33. The van der Waals surface area contributed by atoms with Gasteiger partial charge in [-0.2, -0.15) is 0 Å². The maximum absolute atomic E-state index is 12.6. The summed E-state index contributed by atoms with van der Waals surface area (Å²) in [7, 11) is -3.39. The van der Waals surface area contributed by atoms with Gasteiger partial charge in [-0.15, -0.1) is 11.3 Å². The molecule has 0 saturated carbocycles. The summed E-state index contributed by atoms with van der Waals surface area (Å²) in [6, 6.07) is 7.96. The highest BCUT2D eigenvalue weighted by Gasteiger charge is 2.32. The van der Waals surface area contributed by atoms with E-state index in [2.05, 4.69) is 20.6 Å². The molecule has 1 amide bonds. The van der Waals surface area contributed by atoms with Crippen LogP contribution in [-0.2, 0) is 27.7 Å². The van der Waals surface area contributed by atoms with Gasteiger partial charge in [-0.25, -0.2) is 18.4 Å². The summed E-state index contributed by atoms with van der Waals surface area (Å²) in [5.41, 5.74) is 3.11. The van der Waals surface area contributed by atoms with E-state index >= 15 is 0 Å². The molecule has 0 radical (unpaired) electrons. The lowest BCUT2D eigenvalue weighted by Gasteiger charge is -2.34. The van der Waals surface area contributed by atoms with Gasteiger partial charge in [-0.3, -0.25) is 4.79 Å². The van der Waals surface area contributed by atoms with Crippen molar-refractivity contribution in [1.29, 1.82) is 0 Å². The largest absolute Gasteiger partial charge is 0.336 e. The summed E-state index contributed by atoms with van der Waals surface area (Å²) in [5, 5.41) is 3.05. The number of sulfone groups is 1. The summed E-state index contributed by atoms with van der Waals surface area (Å²) >= 11 is 1.61. The first-order valence-electron chi connectivity index (χ1n) is 9.25. The van der Waals surface area contributed by atoms with Crippen LogP contribution in [0.4, 0.5) is 0 Å². The second kappa shape index (κ2) is 7.72. The minimum atomic E-state index is -3.39. The third-order valence-corrected chi connectivity index (χ3v) is 6.58. The molecule has 152 valence electrons. The minimum absolute atomic E-state index is 0.127. The van der Waals surface area contributed by atoms with Gasteiger partial charge in [0, 0.05) is 37.1 Å². The van der Waals surface area contributed by atoms with Crippen molar-refractivity contribution in [2.45, 2.75) is 25.9 Å².